The van der Waals surface area contributed by atoms with Gasteiger partial charge in [0.2, 0.25) is 0 Å². The molecule has 0 aliphatic rings. The monoisotopic (exact) mass is 197 g/mol. The van der Waals surface area contributed by atoms with Crippen LogP contribution in [0.2, 0.25) is 0 Å². The Kier molecular flexibility index (Phi) is 4.66. The van der Waals surface area contributed by atoms with Gasteiger partial charge in [-0.05, 0) is 18.6 Å². The minimum atomic E-state index is -0.295. The Bertz CT molecular complexity index is 310. The third kappa shape index (κ3) is 2.74. The van der Waals surface area contributed by atoms with Gasteiger partial charge in [0.15, 0.2) is 0 Å². The summed E-state index contributed by atoms with van der Waals surface area (Å²) in [5.41, 5.74) is 7.11. The quantitative estimate of drug-likeness (QED) is 0.312. The van der Waals surface area contributed by atoms with Gasteiger partial charge in [-0.3, -0.25) is 0 Å². The van der Waals surface area contributed by atoms with Crippen LogP contribution in [-0.4, -0.2) is 7.05 Å². The van der Waals surface area contributed by atoms with E-state index in [-0.39, 0.29) is 5.82 Å². The first-order chi connectivity index (χ1) is 6.52. The Morgan fingerprint density at radius 3 is 2.29 bits per heavy atom. The van der Waals surface area contributed by atoms with Gasteiger partial charge in [-0.2, -0.15) is 0 Å². The highest BCUT2D eigenvalue weighted by atomic mass is 19.1. The fourth-order valence-electron chi connectivity index (χ4n) is 0.999. The molecule has 1 rings (SSSR count). The molecule has 0 heterocycles. The van der Waals surface area contributed by atoms with Gasteiger partial charge in [0.25, 0.3) is 0 Å². The summed E-state index contributed by atoms with van der Waals surface area (Å²) in [5.74, 6) is 5.13. The van der Waals surface area contributed by atoms with Gasteiger partial charge < -0.3 is 10.7 Å². The number of benzene rings is 1. The van der Waals surface area contributed by atoms with Crippen LogP contribution < -0.4 is 16.6 Å². The molecule has 1 aromatic rings. The maximum absolute atomic E-state index is 13.0. The predicted octanol–water partition coefficient (Wildman–Crippen LogP) is 1.83. The van der Waals surface area contributed by atoms with Crippen molar-refractivity contribution < 1.29 is 4.39 Å². The first kappa shape index (κ1) is 12.4. The standard InChI is InChI=1S/C8H12FN3.C2H4/c1-5-3-7(10)8(12(2)11)4-6(5)9;1-2/h3-4H,10-11H2,1-2H3;1-2H2. The highest BCUT2D eigenvalue weighted by Crippen LogP contribution is 2.23. The molecule has 0 bridgehead atoms. The Hall–Kier alpha value is -1.55. The van der Waals surface area contributed by atoms with E-state index in [9.17, 15) is 4.39 Å². The van der Waals surface area contributed by atoms with Crippen LogP contribution in [0.1, 0.15) is 5.56 Å². The lowest BCUT2D eigenvalue weighted by Gasteiger charge is -2.15. The fraction of sp³-hybridized carbons (Fsp3) is 0.200. The van der Waals surface area contributed by atoms with Crippen molar-refractivity contribution in [2.75, 3.05) is 17.8 Å². The van der Waals surface area contributed by atoms with Gasteiger partial charge in [-0.15, -0.1) is 13.2 Å². The number of hydrogen-bond acceptors (Lipinski definition) is 3. The van der Waals surface area contributed by atoms with Crippen molar-refractivity contribution in [3.63, 3.8) is 0 Å². The van der Waals surface area contributed by atoms with Crippen molar-refractivity contribution in [2.24, 2.45) is 5.84 Å². The normalized spacial score (nSPS) is 8.86. The minimum absolute atomic E-state index is 0.295. The molecular weight excluding hydrogens is 181 g/mol. The first-order valence-electron chi connectivity index (χ1n) is 4.06. The second-order valence-electron chi connectivity index (χ2n) is 2.77. The van der Waals surface area contributed by atoms with Crippen LogP contribution in [0.3, 0.4) is 0 Å². The van der Waals surface area contributed by atoms with Crippen molar-refractivity contribution in [3.05, 3.63) is 36.7 Å². The van der Waals surface area contributed by atoms with Crippen LogP contribution in [0.4, 0.5) is 15.8 Å². The number of halogens is 1. The van der Waals surface area contributed by atoms with Crippen molar-refractivity contribution in [1.82, 2.24) is 0 Å². The van der Waals surface area contributed by atoms with Crippen LogP contribution in [0.25, 0.3) is 0 Å². The molecule has 0 amide bonds. The summed E-state index contributed by atoms with van der Waals surface area (Å²) in [7, 11) is 1.61. The number of rotatable bonds is 1. The maximum Gasteiger partial charge on any atom is 0.128 e. The molecule has 3 nitrogen and oxygen atoms in total. The highest BCUT2D eigenvalue weighted by Gasteiger charge is 2.05. The van der Waals surface area contributed by atoms with Crippen LogP contribution >= 0.6 is 0 Å². The lowest BCUT2D eigenvalue weighted by Crippen LogP contribution is -2.26. The van der Waals surface area contributed by atoms with Crippen molar-refractivity contribution >= 4 is 11.4 Å². The first-order valence-corrected chi connectivity index (χ1v) is 4.06. The second-order valence-corrected chi connectivity index (χ2v) is 2.77. The summed E-state index contributed by atoms with van der Waals surface area (Å²) in [4.78, 5) is 0. The summed E-state index contributed by atoms with van der Waals surface area (Å²) >= 11 is 0. The molecule has 0 fully saturated rings. The molecule has 0 aromatic heterocycles. The van der Waals surface area contributed by atoms with E-state index in [0.717, 1.165) is 0 Å². The van der Waals surface area contributed by atoms with Gasteiger partial charge in [-0.1, -0.05) is 0 Å². The van der Waals surface area contributed by atoms with Crippen LogP contribution in [-0.2, 0) is 0 Å². The fourth-order valence-corrected chi connectivity index (χ4v) is 0.999. The molecule has 4 heteroatoms. The topological polar surface area (TPSA) is 55.3 Å². The Morgan fingerprint density at radius 1 is 1.36 bits per heavy atom. The summed E-state index contributed by atoms with van der Waals surface area (Å²) < 4.78 is 13.0. The largest absolute Gasteiger partial charge is 0.397 e. The van der Waals surface area contributed by atoms with E-state index in [4.69, 9.17) is 11.6 Å². The number of nitrogens with zero attached hydrogens (tertiary/aromatic N) is 1. The maximum atomic E-state index is 13.0. The Morgan fingerprint density at radius 2 is 1.86 bits per heavy atom. The summed E-state index contributed by atoms with van der Waals surface area (Å²) in [6, 6.07) is 2.89. The Labute approximate surface area is 83.8 Å². The van der Waals surface area contributed by atoms with E-state index in [1.165, 1.54) is 11.1 Å². The molecule has 0 unspecified atom stereocenters. The van der Waals surface area contributed by atoms with Gasteiger partial charge in [0.05, 0.1) is 11.4 Å². The number of hydrogen-bond donors (Lipinski definition) is 2. The summed E-state index contributed by atoms with van der Waals surface area (Å²) in [5, 5.41) is 1.29. The molecule has 78 valence electrons. The van der Waals surface area contributed by atoms with E-state index in [1.807, 2.05) is 0 Å². The number of nitrogens with two attached hydrogens (primary N) is 2. The molecule has 0 aliphatic carbocycles. The molecule has 1 aromatic carbocycles. The zero-order valence-electron chi connectivity index (χ0n) is 8.55. The average molecular weight is 197 g/mol. The lowest BCUT2D eigenvalue weighted by atomic mass is 10.2. The van der Waals surface area contributed by atoms with Crippen molar-refractivity contribution in [3.8, 4) is 0 Å². The highest BCUT2D eigenvalue weighted by molar-refractivity contribution is 5.67. The molecule has 0 atom stereocenters. The average Bonchev–Trinajstić information content (AvgIpc) is 2.14. The third-order valence-corrected chi connectivity index (χ3v) is 1.69. The smallest absolute Gasteiger partial charge is 0.128 e. The molecule has 14 heavy (non-hydrogen) atoms. The SMILES string of the molecule is C=C.Cc1cc(N)c(N(C)N)cc1F. The Balaban J connectivity index is 0.000000791. The van der Waals surface area contributed by atoms with Gasteiger partial charge in [-0.25, -0.2) is 10.2 Å². The van der Waals surface area contributed by atoms with Crippen LogP contribution in [0.15, 0.2) is 25.3 Å². The summed E-state index contributed by atoms with van der Waals surface area (Å²) in [6.45, 7) is 7.66. The molecule has 4 N–H and O–H groups in total. The van der Waals surface area contributed by atoms with Crippen LogP contribution in [0, 0.1) is 12.7 Å². The lowest BCUT2D eigenvalue weighted by molar-refractivity contribution is 0.618. The van der Waals surface area contributed by atoms with Crippen LogP contribution in [0.5, 0.6) is 0 Å². The van der Waals surface area contributed by atoms with Crippen molar-refractivity contribution in [1.29, 1.82) is 0 Å². The van der Waals surface area contributed by atoms with Gasteiger partial charge in [0, 0.05) is 13.1 Å². The van der Waals surface area contributed by atoms with Crippen molar-refractivity contribution in [2.45, 2.75) is 6.92 Å². The van der Waals surface area contributed by atoms with E-state index in [0.29, 0.717) is 16.9 Å². The van der Waals surface area contributed by atoms with Gasteiger partial charge >= 0.3 is 0 Å². The van der Waals surface area contributed by atoms with E-state index >= 15 is 0 Å². The second kappa shape index (κ2) is 5.24. The number of anilines is 2. The number of hydrazine groups is 1. The molecule has 0 aliphatic heterocycles. The molecular formula is C10H16FN3. The van der Waals surface area contributed by atoms with E-state index in [2.05, 4.69) is 13.2 Å². The predicted molar refractivity (Wildman–Crippen MR) is 59.4 cm³/mol. The molecule has 0 saturated carbocycles. The molecule has 0 spiro atoms. The zero-order valence-corrected chi connectivity index (χ0v) is 8.55. The number of nitrogen functional groups attached to an aromatic ring is 1. The third-order valence-electron chi connectivity index (χ3n) is 1.69. The zero-order chi connectivity index (χ0) is 11.3. The minimum Gasteiger partial charge on any atom is -0.397 e. The van der Waals surface area contributed by atoms with E-state index < -0.39 is 0 Å². The number of aryl methyl sites for hydroxylation is 1. The summed E-state index contributed by atoms with van der Waals surface area (Å²) in [6.07, 6.45) is 0. The van der Waals surface area contributed by atoms with E-state index in [1.54, 1.807) is 20.0 Å². The van der Waals surface area contributed by atoms with Gasteiger partial charge in [0.1, 0.15) is 5.82 Å². The molecule has 0 saturated heterocycles. The molecule has 0 radical (unpaired) electrons.